The van der Waals surface area contributed by atoms with E-state index in [2.05, 4.69) is 75.6 Å². The van der Waals surface area contributed by atoms with Crippen LogP contribution in [0.2, 0.25) is 36.3 Å². The standard InChI is InChI=1S/C17H37BO4Si2/c1-15(2,3)23(7,8)21-12-13(17(11-19-17)20-14(12)18)22-24(9,10)16(4,5)6/h12-14H,11,18H2,1-10H3/t12-,13+,14-,17+/m1/s1. The molecular weight excluding hydrogens is 335 g/mol. The molecule has 2 heterocycles. The third-order valence-corrected chi connectivity index (χ3v) is 15.4. The molecule has 2 rings (SSSR count). The van der Waals surface area contributed by atoms with Crippen molar-refractivity contribution in [3.8, 4) is 0 Å². The van der Waals surface area contributed by atoms with Crippen molar-refractivity contribution >= 4 is 24.5 Å². The molecule has 0 aromatic rings. The van der Waals surface area contributed by atoms with Crippen molar-refractivity contribution in [1.82, 2.24) is 0 Å². The summed E-state index contributed by atoms with van der Waals surface area (Å²) in [4.78, 5) is 0. The molecule has 0 amide bonds. The van der Waals surface area contributed by atoms with Gasteiger partial charge in [0.25, 0.3) is 0 Å². The summed E-state index contributed by atoms with van der Waals surface area (Å²) < 4.78 is 25.4. The van der Waals surface area contributed by atoms with Crippen molar-refractivity contribution in [2.75, 3.05) is 6.61 Å². The summed E-state index contributed by atoms with van der Waals surface area (Å²) in [5, 5.41) is 0.310. The fraction of sp³-hybridized carbons (Fsp3) is 1.00. The minimum absolute atomic E-state index is 0.00334. The van der Waals surface area contributed by atoms with Gasteiger partial charge in [-0.25, -0.2) is 0 Å². The van der Waals surface area contributed by atoms with Gasteiger partial charge in [0.1, 0.15) is 20.6 Å². The highest BCUT2D eigenvalue weighted by Gasteiger charge is 2.66. The van der Waals surface area contributed by atoms with Crippen LogP contribution in [0.5, 0.6) is 0 Å². The van der Waals surface area contributed by atoms with E-state index in [0.717, 1.165) is 0 Å². The van der Waals surface area contributed by atoms with Gasteiger partial charge in [-0.2, -0.15) is 0 Å². The minimum Gasteiger partial charge on any atom is -0.409 e. The van der Waals surface area contributed by atoms with Gasteiger partial charge in [0.15, 0.2) is 16.6 Å². The van der Waals surface area contributed by atoms with Crippen molar-refractivity contribution in [1.29, 1.82) is 0 Å². The third-order valence-electron chi connectivity index (χ3n) is 6.47. The molecule has 0 N–H and O–H groups in total. The Bertz CT molecular complexity index is 478. The molecule has 2 saturated heterocycles. The summed E-state index contributed by atoms with van der Waals surface area (Å²) in [6, 6.07) is -0.00334. The zero-order valence-corrected chi connectivity index (χ0v) is 19.6. The Balaban J connectivity index is 2.26. The molecule has 0 aromatic carbocycles. The van der Waals surface area contributed by atoms with Crippen molar-refractivity contribution in [3.05, 3.63) is 0 Å². The molecule has 0 aliphatic carbocycles. The van der Waals surface area contributed by atoms with E-state index in [-0.39, 0.29) is 28.3 Å². The third kappa shape index (κ3) is 3.71. The first-order valence-electron chi connectivity index (χ1n) is 9.20. The van der Waals surface area contributed by atoms with Crippen LogP contribution in [0.25, 0.3) is 0 Å². The predicted molar refractivity (Wildman–Crippen MR) is 106 cm³/mol. The Hall–Kier alpha value is 0.339. The molecule has 4 nitrogen and oxygen atoms in total. The summed E-state index contributed by atoms with van der Waals surface area (Å²) in [7, 11) is -1.75. The van der Waals surface area contributed by atoms with E-state index in [9.17, 15) is 0 Å². The Labute approximate surface area is 151 Å². The van der Waals surface area contributed by atoms with Gasteiger partial charge in [-0.15, -0.1) is 0 Å². The molecule has 1 spiro atoms. The topological polar surface area (TPSA) is 40.2 Å². The van der Waals surface area contributed by atoms with Crippen LogP contribution in [-0.2, 0) is 18.3 Å². The number of epoxide rings is 1. The Morgan fingerprint density at radius 3 is 1.71 bits per heavy atom. The van der Waals surface area contributed by atoms with Crippen LogP contribution < -0.4 is 0 Å². The van der Waals surface area contributed by atoms with Crippen LogP contribution in [0, 0.1) is 0 Å². The lowest BCUT2D eigenvalue weighted by Gasteiger charge is -2.43. The van der Waals surface area contributed by atoms with Gasteiger partial charge in [-0.3, -0.25) is 0 Å². The summed E-state index contributed by atoms with van der Waals surface area (Å²) in [5.41, 5.74) is 0. The Morgan fingerprint density at radius 2 is 1.33 bits per heavy atom. The molecule has 140 valence electrons. The Kier molecular flexibility index (Phi) is 5.10. The van der Waals surface area contributed by atoms with Gasteiger partial charge < -0.3 is 18.3 Å². The van der Waals surface area contributed by atoms with Gasteiger partial charge in [0, 0.05) is 0 Å². The lowest BCUT2D eigenvalue weighted by molar-refractivity contribution is -0.0593. The normalized spacial score (nSPS) is 34.8. The van der Waals surface area contributed by atoms with Crippen LogP contribution in [0.1, 0.15) is 41.5 Å². The summed E-state index contributed by atoms with van der Waals surface area (Å²) in [6.07, 6.45) is -0.176. The first-order valence-corrected chi connectivity index (χ1v) is 15.0. The van der Waals surface area contributed by atoms with Crippen LogP contribution in [-0.4, -0.2) is 55.1 Å². The first-order chi connectivity index (χ1) is 10.5. The maximum Gasteiger partial charge on any atom is 0.220 e. The van der Waals surface area contributed by atoms with Crippen molar-refractivity contribution in [2.45, 2.75) is 102 Å². The van der Waals surface area contributed by atoms with Gasteiger partial charge in [-0.05, 0) is 36.3 Å². The first kappa shape index (κ1) is 20.6. The number of rotatable bonds is 4. The molecule has 4 atom stereocenters. The van der Waals surface area contributed by atoms with Crippen LogP contribution >= 0.6 is 0 Å². The van der Waals surface area contributed by atoms with E-state index in [1.54, 1.807) is 0 Å². The SMILES string of the molecule is B[C@@H]1O[C@@]2(CO2)[C@@H](O[Si](C)(C)C(C)(C)C)[C@H]1O[Si](C)(C)C(C)(C)C. The smallest absolute Gasteiger partial charge is 0.220 e. The largest absolute Gasteiger partial charge is 0.409 e. The highest BCUT2D eigenvalue weighted by Crippen LogP contribution is 2.50. The maximum atomic E-state index is 6.77. The van der Waals surface area contributed by atoms with Gasteiger partial charge in [-0.1, -0.05) is 41.5 Å². The second kappa shape index (κ2) is 5.92. The molecule has 24 heavy (non-hydrogen) atoms. The molecule has 2 aliphatic heterocycles. The van der Waals surface area contributed by atoms with E-state index in [1.807, 2.05) is 0 Å². The van der Waals surface area contributed by atoms with E-state index >= 15 is 0 Å². The summed E-state index contributed by atoms with van der Waals surface area (Å²) in [6.45, 7) is 23.4. The summed E-state index contributed by atoms with van der Waals surface area (Å²) >= 11 is 0. The molecule has 2 fully saturated rings. The Morgan fingerprint density at radius 1 is 0.917 bits per heavy atom. The fourth-order valence-corrected chi connectivity index (χ4v) is 5.23. The quantitative estimate of drug-likeness (QED) is 0.560. The average Bonchev–Trinajstić information content (AvgIpc) is 3.06. The zero-order chi connectivity index (χ0) is 18.8. The average molecular weight is 372 g/mol. The van der Waals surface area contributed by atoms with Crippen LogP contribution in [0.4, 0.5) is 0 Å². The molecule has 2 aliphatic rings. The second-order valence-corrected chi connectivity index (χ2v) is 20.1. The fourth-order valence-electron chi connectivity index (χ4n) is 2.57. The second-order valence-electron chi connectivity index (χ2n) is 10.6. The summed E-state index contributed by atoms with van der Waals surface area (Å²) in [5.74, 6) is -0.567. The van der Waals surface area contributed by atoms with Crippen molar-refractivity contribution in [2.24, 2.45) is 0 Å². The van der Waals surface area contributed by atoms with E-state index in [1.165, 1.54) is 0 Å². The van der Waals surface area contributed by atoms with Crippen molar-refractivity contribution in [3.63, 3.8) is 0 Å². The molecular formula is C17H37BO4Si2. The van der Waals surface area contributed by atoms with Gasteiger partial charge >= 0.3 is 0 Å². The van der Waals surface area contributed by atoms with Crippen molar-refractivity contribution < 1.29 is 18.3 Å². The maximum absolute atomic E-state index is 6.77. The predicted octanol–water partition coefficient (Wildman–Crippen LogP) is 3.48. The highest BCUT2D eigenvalue weighted by atomic mass is 28.4. The number of ether oxygens (including phenoxy) is 2. The molecule has 0 radical (unpaired) electrons. The molecule has 0 aromatic heterocycles. The zero-order valence-electron chi connectivity index (χ0n) is 17.6. The minimum atomic E-state index is -1.94. The monoisotopic (exact) mass is 372 g/mol. The molecule has 0 saturated carbocycles. The van der Waals surface area contributed by atoms with Crippen LogP contribution in [0.3, 0.4) is 0 Å². The van der Waals surface area contributed by atoms with Gasteiger partial charge in [0.2, 0.25) is 5.79 Å². The lowest BCUT2D eigenvalue weighted by Crippen LogP contribution is -2.54. The van der Waals surface area contributed by atoms with Gasteiger partial charge in [0.05, 0.1) is 12.1 Å². The number of hydrogen-bond donors (Lipinski definition) is 0. The van der Waals surface area contributed by atoms with E-state index in [4.69, 9.17) is 18.3 Å². The highest BCUT2D eigenvalue weighted by molar-refractivity contribution is 6.74. The number of hydrogen-bond acceptors (Lipinski definition) is 4. The molecule has 7 heteroatoms. The van der Waals surface area contributed by atoms with E-state index in [0.29, 0.717) is 6.61 Å². The van der Waals surface area contributed by atoms with Crippen LogP contribution in [0.15, 0.2) is 0 Å². The van der Waals surface area contributed by atoms with E-state index < -0.39 is 22.4 Å². The molecule has 0 unspecified atom stereocenters. The lowest BCUT2D eigenvalue weighted by atomic mass is 9.93. The molecule has 0 bridgehead atoms.